The fraction of sp³-hybridized carbons (Fsp3) is 0.591. The van der Waals surface area contributed by atoms with Gasteiger partial charge in [0, 0.05) is 31.9 Å². The number of aliphatic imine (C=N–C) groups is 1. The molecule has 0 aromatic heterocycles. The van der Waals surface area contributed by atoms with Crippen molar-refractivity contribution in [2.45, 2.75) is 52.2 Å². The highest BCUT2D eigenvalue weighted by molar-refractivity contribution is 5.98. The highest BCUT2D eigenvalue weighted by Crippen LogP contribution is 2.27. The van der Waals surface area contributed by atoms with Gasteiger partial charge in [-0.1, -0.05) is 18.2 Å². The Kier molecular flexibility index (Phi) is 6.84. The van der Waals surface area contributed by atoms with Crippen molar-refractivity contribution in [1.29, 1.82) is 0 Å². The smallest absolute Gasteiger partial charge is 0.407 e. The average Bonchev–Trinajstić information content (AvgIpc) is 3.30. The summed E-state index contributed by atoms with van der Waals surface area (Å²) in [6.07, 6.45) is 1.28. The molecule has 0 radical (unpaired) electrons. The van der Waals surface area contributed by atoms with Crippen LogP contribution in [-0.2, 0) is 16.0 Å². The quantitative estimate of drug-likeness (QED) is 0.581. The topological polar surface area (TPSA) is 86.3 Å². The molecule has 1 atom stereocenters. The number of rotatable bonds is 4. The van der Waals surface area contributed by atoms with Crippen LogP contribution in [0.25, 0.3) is 0 Å². The molecule has 8 nitrogen and oxygen atoms in total. The Morgan fingerprint density at radius 2 is 2.00 bits per heavy atom. The van der Waals surface area contributed by atoms with Crippen molar-refractivity contribution in [2.75, 3.05) is 37.6 Å². The minimum Gasteiger partial charge on any atom is -0.444 e. The maximum Gasteiger partial charge on any atom is 0.407 e. The number of nitrogens with one attached hydrogen (secondary N) is 2. The Bertz CT molecular complexity index is 802. The van der Waals surface area contributed by atoms with E-state index in [9.17, 15) is 9.59 Å². The zero-order valence-corrected chi connectivity index (χ0v) is 18.4. The number of anilines is 1. The number of hydrogen-bond acceptors (Lipinski definition) is 4. The van der Waals surface area contributed by atoms with Crippen LogP contribution in [0.3, 0.4) is 0 Å². The van der Waals surface area contributed by atoms with E-state index in [1.54, 1.807) is 0 Å². The molecular weight excluding hydrogens is 382 g/mol. The number of ether oxygens (including phenoxy) is 1. The minimum atomic E-state index is -0.521. The van der Waals surface area contributed by atoms with Crippen molar-refractivity contribution < 1.29 is 14.3 Å². The highest BCUT2D eigenvalue weighted by Gasteiger charge is 2.29. The van der Waals surface area contributed by atoms with Gasteiger partial charge < -0.3 is 25.2 Å². The van der Waals surface area contributed by atoms with Gasteiger partial charge in [0.25, 0.3) is 0 Å². The van der Waals surface area contributed by atoms with E-state index in [2.05, 4.69) is 26.6 Å². The van der Waals surface area contributed by atoms with Gasteiger partial charge >= 0.3 is 6.09 Å². The Morgan fingerprint density at radius 3 is 2.73 bits per heavy atom. The Hall–Kier alpha value is -2.77. The zero-order valence-electron chi connectivity index (χ0n) is 18.4. The van der Waals surface area contributed by atoms with Crippen LogP contribution in [0.2, 0.25) is 0 Å². The van der Waals surface area contributed by atoms with Gasteiger partial charge in [-0.15, -0.1) is 0 Å². The fourth-order valence-electron chi connectivity index (χ4n) is 3.80. The van der Waals surface area contributed by atoms with Crippen molar-refractivity contribution >= 4 is 23.6 Å². The summed E-state index contributed by atoms with van der Waals surface area (Å²) >= 11 is 0. The summed E-state index contributed by atoms with van der Waals surface area (Å²) in [5.41, 5.74) is 1.68. The lowest BCUT2D eigenvalue weighted by molar-refractivity contribution is -0.117. The number of para-hydroxylation sites is 1. The van der Waals surface area contributed by atoms with Crippen LogP contribution < -0.4 is 15.5 Å². The van der Waals surface area contributed by atoms with Gasteiger partial charge in [0.05, 0.1) is 6.04 Å². The van der Waals surface area contributed by atoms with E-state index in [0.29, 0.717) is 25.6 Å². The van der Waals surface area contributed by atoms with Crippen LogP contribution in [0.1, 0.15) is 39.7 Å². The number of amides is 2. The summed E-state index contributed by atoms with van der Waals surface area (Å²) in [7, 11) is 0. The van der Waals surface area contributed by atoms with E-state index in [1.807, 2.05) is 50.8 Å². The van der Waals surface area contributed by atoms with Gasteiger partial charge in [0.15, 0.2) is 5.96 Å². The molecule has 0 saturated carbocycles. The number of hydrogen-bond donors (Lipinski definition) is 2. The second kappa shape index (κ2) is 9.36. The molecule has 1 aromatic rings. The van der Waals surface area contributed by atoms with Crippen molar-refractivity contribution in [3.63, 3.8) is 0 Å². The summed E-state index contributed by atoms with van der Waals surface area (Å²) in [4.78, 5) is 33.3. The number of carbonyl (C=O) groups is 2. The predicted molar refractivity (Wildman–Crippen MR) is 118 cm³/mol. The molecule has 30 heavy (non-hydrogen) atoms. The maximum absolute atomic E-state index is 12.8. The number of fused-ring (bicyclic) bond motifs is 1. The predicted octanol–water partition coefficient (Wildman–Crippen LogP) is 2.14. The van der Waals surface area contributed by atoms with Gasteiger partial charge in [-0.3, -0.25) is 4.79 Å². The van der Waals surface area contributed by atoms with Gasteiger partial charge in [-0.2, -0.15) is 0 Å². The summed E-state index contributed by atoms with van der Waals surface area (Å²) in [6, 6.07) is 8.01. The molecule has 0 aliphatic carbocycles. The van der Waals surface area contributed by atoms with E-state index in [-0.39, 0.29) is 18.5 Å². The standard InChI is InChI=1S/C22H33N5O3/c1-5-23-20(26-12-11-17(15-26)25-21(29)30-22(2,3)4)24-14-19(28)27-13-10-16-8-6-7-9-18(16)27/h6-9,17H,5,10-15H2,1-4H3,(H,23,24)(H,25,29). The first-order chi connectivity index (χ1) is 14.3. The van der Waals surface area contributed by atoms with E-state index in [4.69, 9.17) is 4.74 Å². The van der Waals surface area contributed by atoms with E-state index < -0.39 is 11.7 Å². The molecule has 1 unspecified atom stereocenters. The number of benzene rings is 1. The molecule has 0 spiro atoms. The van der Waals surface area contributed by atoms with Crippen LogP contribution in [0.5, 0.6) is 0 Å². The Labute approximate surface area is 178 Å². The molecule has 2 aliphatic heterocycles. The largest absolute Gasteiger partial charge is 0.444 e. The number of guanidine groups is 1. The Balaban J connectivity index is 1.57. The third-order valence-electron chi connectivity index (χ3n) is 5.10. The first kappa shape index (κ1) is 21.9. The molecule has 2 aliphatic rings. The molecule has 1 saturated heterocycles. The number of alkyl carbamates (subject to hydrolysis) is 1. The SMILES string of the molecule is CCNC(=NCC(=O)N1CCc2ccccc21)N1CCC(NC(=O)OC(C)(C)C)C1. The number of carbonyl (C=O) groups excluding carboxylic acids is 2. The maximum atomic E-state index is 12.8. The molecule has 8 heteroatoms. The van der Waals surface area contributed by atoms with Crippen molar-refractivity contribution in [3.8, 4) is 0 Å². The lowest BCUT2D eigenvalue weighted by Gasteiger charge is -2.23. The lowest BCUT2D eigenvalue weighted by Crippen LogP contribution is -2.44. The zero-order chi connectivity index (χ0) is 21.7. The van der Waals surface area contributed by atoms with Crippen molar-refractivity contribution in [1.82, 2.24) is 15.5 Å². The normalized spacial score (nSPS) is 18.9. The first-order valence-electron chi connectivity index (χ1n) is 10.7. The van der Waals surface area contributed by atoms with Gasteiger partial charge in [-0.05, 0) is 52.2 Å². The van der Waals surface area contributed by atoms with Crippen LogP contribution in [0, 0.1) is 0 Å². The van der Waals surface area contributed by atoms with Gasteiger partial charge in [0.2, 0.25) is 5.91 Å². The molecule has 1 fully saturated rings. The van der Waals surface area contributed by atoms with Crippen molar-refractivity contribution in [2.24, 2.45) is 4.99 Å². The van der Waals surface area contributed by atoms with E-state index in [1.165, 1.54) is 5.56 Å². The summed E-state index contributed by atoms with van der Waals surface area (Å²) in [5.74, 6) is 0.699. The molecule has 2 heterocycles. The molecule has 3 rings (SSSR count). The third-order valence-corrected chi connectivity index (χ3v) is 5.10. The molecule has 2 amide bonds. The minimum absolute atomic E-state index is 0.00187. The second-order valence-electron chi connectivity index (χ2n) is 8.67. The van der Waals surface area contributed by atoms with Gasteiger partial charge in [0.1, 0.15) is 12.1 Å². The highest BCUT2D eigenvalue weighted by atomic mass is 16.6. The molecule has 2 N–H and O–H groups in total. The van der Waals surface area contributed by atoms with Gasteiger partial charge in [-0.25, -0.2) is 9.79 Å². The fourth-order valence-corrected chi connectivity index (χ4v) is 3.80. The van der Waals surface area contributed by atoms with Crippen LogP contribution in [-0.4, -0.2) is 67.2 Å². The Morgan fingerprint density at radius 1 is 1.23 bits per heavy atom. The number of likely N-dealkylation sites (tertiary alicyclic amines) is 1. The first-order valence-corrected chi connectivity index (χ1v) is 10.7. The summed E-state index contributed by atoms with van der Waals surface area (Å²) in [6.45, 7) is 10.4. The molecule has 0 bridgehead atoms. The summed E-state index contributed by atoms with van der Waals surface area (Å²) < 4.78 is 5.34. The van der Waals surface area contributed by atoms with Crippen LogP contribution >= 0.6 is 0 Å². The molecule has 164 valence electrons. The van der Waals surface area contributed by atoms with Crippen molar-refractivity contribution in [3.05, 3.63) is 29.8 Å². The van der Waals surface area contributed by atoms with Crippen LogP contribution in [0.4, 0.5) is 10.5 Å². The second-order valence-corrected chi connectivity index (χ2v) is 8.67. The lowest BCUT2D eigenvalue weighted by atomic mass is 10.2. The van der Waals surface area contributed by atoms with Crippen LogP contribution in [0.15, 0.2) is 29.3 Å². The molecule has 1 aromatic carbocycles. The summed E-state index contributed by atoms with van der Waals surface area (Å²) in [5, 5.41) is 6.19. The van der Waals surface area contributed by atoms with E-state index in [0.717, 1.165) is 25.1 Å². The monoisotopic (exact) mass is 415 g/mol. The number of nitrogens with zero attached hydrogens (tertiary/aromatic N) is 3. The van der Waals surface area contributed by atoms with E-state index >= 15 is 0 Å². The third kappa shape index (κ3) is 5.64. The molecular formula is C22H33N5O3. The average molecular weight is 416 g/mol.